The third-order valence-corrected chi connectivity index (χ3v) is 5.77. The normalized spacial score (nSPS) is 21.0. The zero-order valence-electron chi connectivity index (χ0n) is 10.4. The van der Waals surface area contributed by atoms with Gasteiger partial charge in [0, 0.05) is 18.3 Å². The fraction of sp³-hybridized carbons (Fsp3) is 0.286. The van der Waals surface area contributed by atoms with Gasteiger partial charge in [0.05, 0.1) is 4.90 Å². The highest BCUT2D eigenvalue weighted by molar-refractivity contribution is 7.89. The smallest absolute Gasteiger partial charge is 0.207 e. The Morgan fingerprint density at radius 3 is 2.53 bits per heavy atom. The van der Waals surface area contributed by atoms with E-state index in [-0.39, 0.29) is 5.25 Å². The molecule has 2 aromatic carbocycles. The Labute approximate surface area is 118 Å². The SMILES string of the molecule is O=S(=O)(c1ccc2ccccc2c1)N1CCC(S)C1. The van der Waals surface area contributed by atoms with Crippen LogP contribution in [0.5, 0.6) is 0 Å². The molecule has 0 N–H and O–H groups in total. The summed E-state index contributed by atoms with van der Waals surface area (Å²) in [7, 11) is -3.38. The van der Waals surface area contributed by atoms with Crippen molar-refractivity contribution in [2.24, 2.45) is 0 Å². The molecule has 1 aliphatic rings. The van der Waals surface area contributed by atoms with E-state index < -0.39 is 10.0 Å². The van der Waals surface area contributed by atoms with Gasteiger partial charge in [-0.15, -0.1) is 0 Å². The monoisotopic (exact) mass is 293 g/mol. The second-order valence-electron chi connectivity index (χ2n) is 4.81. The van der Waals surface area contributed by atoms with E-state index in [0.717, 1.165) is 17.2 Å². The van der Waals surface area contributed by atoms with Crippen molar-refractivity contribution in [2.75, 3.05) is 13.1 Å². The summed E-state index contributed by atoms with van der Waals surface area (Å²) in [6.07, 6.45) is 0.815. The maximum Gasteiger partial charge on any atom is 0.243 e. The first-order chi connectivity index (χ1) is 9.07. The highest BCUT2D eigenvalue weighted by Gasteiger charge is 2.30. The van der Waals surface area contributed by atoms with Crippen molar-refractivity contribution in [1.82, 2.24) is 4.31 Å². The number of hydrogen-bond acceptors (Lipinski definition) is 3. The molecule has 0 amide bonds. The number of rotatable bonds is 2. The van der Waals surface area contributed by atoms with Gasteiger partial charge in [0.25, 0.3) is 0 Å². The molecule has 0 aliphatic carbocycles. The molecule has 1 saturated heterocycles. The molecule has 0 saturated carbocycles. The van der Waals surface area contributed by atoms with Crippen LogP contribution in [0.4, 0.5) is 0 Å². The summed E-state index contributed by atoms with van der Waals surface area (Å²) in [6, 6.07) is 13.1. The minimum atomic E-state index is -3.38. The van der Waals surface area contributed by atoms with E-state index in [1.807, 2.05) is 30.3 Å². The van der Waals surface area contributed by atoms with Crippen LogP contribution in [0.25, 0.3) is 10.8 Å². The quantitative estimate of drug-likeness (QED) is 0.864. The summed E-state index contributed by atoms with van der Waals surface area (Å²) >= 11 is 4.35. The third-order valence-electron chi connectivity index (χ3n) is 3.48. The molecule has 0 spiro atoms. The second kappa shape index (κ2) is 4.81. The molecule has 1 heterocycles. The lowest BCUT2D eigenvalue weighted by molar-refractivity contribution is 0.478. The van der Waals surface area contributed by atoms with E-state index in [2.05, 4.69) is 12.6 Å². The molecule has 1 unspecified atom stereocenters. The molecule has 0 radical (unpaired) electrons. The molecule has 19 heavy (non-hydrogen) atoms. The minimum absolute atomic E-state index is 0.148. The van der Waals surface area contributed by atoms with Gasteiger partial charge in [-0.25, -0.2) is 8.42 Å². The first-order valence-electron chi connectivity index (χ1n) is 6.24. The molecular formula is C14H15NO2S2. The zero-order chi connectivity index (χ0) is 13.5. The number of fused-ring (bicyclic) bond motifs is 1. The highest BCUT2D eigenvalue weighted by Crippen LogP contribution is 2.25. The van der Waals surface area contributed by atoms with Crippen LogP contribution in [0.1, 0.15) is 6.42 Å². The van der Waals surface area contributed by atoms with Gasteiger partial charge in [-0.2, -0.15) is 16.9 Å². The van der Waals surface area contributed by atoms with Crippen molar-refractivity contribution < 1.29 is 8.42 Å². The Morgan fingerprint density at radius 2 is 1.84 bits per heavy atom. The summed E-state index contributed by atoms with van der Waals surface area (Å²) in [5.74, 6) is 0. The van der Waals surface area contributed by atoms with Crippen molar-refractivity contribution in [3.05, 3.63) is 42.5 Å². The van der Waals surface area contributed by atoms with Crippen LogP contribution in [0.15, 0.2) is 47.4 Å². The largest absolute Gasteiger partial charge is 0.243 e. The Balaban J connectivity index is 2.03. The molecule has 3 rings (SSSR count). The number of hydrogen-bond donors (Lipinski definition) is 1. The van der Waals surface area contributed by atoms with Crippen LogP contribution in [-0.2, 0) is 10.0 Å². The predicted octanol–water partition coefficient (Wildman–Crippen LogP) is 2.53. The van der Waals surface area contributed by atoms with Crippen LogP contribution < -0.4 is 0 Å². The van der Waals surface area contributed by atoms with E-state index in [1.165, 1.54) is 4.31 Å². The molecule has 2 aromatic rings. The van der Waals surface area contributed by atoms with Gasteiger partial charge in [0.15, 0.2) is 0 Å². The Bertz CT molecular complexity index is 712. The van der Waals surface area contributed by atoms with Crippen molar-refractivity contribution >= 4 is 33.4 Å². The Kier molecular flexibility index (Phi) is 3.28. The molecule has 0 bridgehead atoms. The number of nitrogens with zero attached hydrogens (tertiary/aromatic N) is 1. The van der Waals surface area contributed by atoms with Gasteiger partial charge >= 0.3 is 0 Å². The molecule has 3 nitrogen and oxygen atoms in total. The lowest BCUT2D eigenvalue weighted by Crippen LogP contribution is -2.29. The average molecular weight is 293 g/mol. The summed E-state index contributed by atoms with van der Waals surface area (Å²) in [5.41, 5.74) is 0. The summed E-state index contributed by atoms with van der Waals surface area (Å²) < 4.78 is 26.6. The van der Waals surface area contributed by atoms with Crippen molar-refractivity contribution in [2.45, 2.75) is 16.6 Å². The molecular weight excluding hydrogens is 278 g/mol. The van der Waals surface area contributed by atoms with Crippen molar-refractivity contribution in [1.29, 1.82) is 0 Å². The van der Waals surface area contributed by atoms with E-state index in [4.69, 9.17) is 0 Å². The van der Waals surface area contributed by atoms with Crippen LogP contribution in [-0.4, -0.2) is 31.1 Å². The number of sulfonamides is 1. The van der Waals surface area contributed by atoms with Gasteiger partial charge < -0.3 is 0 Å². The Hall–Kier alpha value is -1.04. The zero-order valence-corrected chi connectivity index (χ0v) is 12.1. The maximum atomic E-state index is 12.5. The topological polar surface area (TPSA) is 37.4 Å². The Morgan fingerprint density at radius 1 is 1.11 bits per heavy atom. The average Bonchev–Trinajstić information content (AvgIpc) is 2.85. The van der Waals surface area contributed by atoms with Crippen LogP contribution in [0.2, 0.25) is 0 Å². The van der Waals surface area contributed by atoms with Gasteiger partial charge in [0.2, 0.25) is 10.0 Å². The number of thiol groups is 1. The fourth-order valence-corrected chi connectivity index (χ4v) is 4.36. The van der Waals surface area contributed by atoms with E-state index in [1.54, 1.807) is 12.1 Å². The van der Waals surface area contributed by atoms with E-state index in [0.29, 0.717) is 18.0 Å². The van der Waals surface area contributed by atoms with Gasteiger partial charge in [-0.3, -0.25) is 0 Å². The van der Waals surface area contributed by atoms with Gasteiger partial charge in [0.1, 0.15) is 0 Å². The molecule has 1 fully saturated rings. The summed E-state index contributed by atoms with van der Waals surface area (Å²) in [4.78, 5) is 0.369. The van der Waals surface area contributed by atoms with Crippen LogP contribution in [0.3, 0.4) is 0 Å². The van der Waals surface area contributed by atoms with E-state index in [9.17, 15) is 8.42 Å². The fourth-order valence-electron chi connectivity index (χ4n) is 2.41. The lowest BCUT2D eigenvalue weighted by Gasteiger charge is -2.16. The first kappa shape index (κ1) is 13.0. The van der Waals surface area contributed by atoms with Crippen molar-refractivity contribution in [3.63, 3.8) is 0 Å². The van der Waals surface area contributed by atoms with Crippen molar-refractivity contribution in [3.8, 4) is 0 Å². The molecule has 1 aliphatic heterocycles. The van der Waals surface area contributed by atoms with Crippen LogP contribution >= 0.6 is 12.6 Å². The molecule has 0 aromatic heterocycles. The van der Waals surface area contributed by atoms with Gasteiger partial charge in [-0.05, 0) is 29.3 Å². The molecule has 1 atom stereocenters. The lowest BCUT2D eigenvalue weighted by atomic mass is 10.1. The minimum Gasteiger partial charge on any atom is -0.207 e. The van der Waals surface area contributed by atoms with E-state index >= 15 is 0 Å². The summed E-state index contributed by atoms with van der Waals surface area (Å²) in [5, 5.41) is 2.15. The highest BCUT2D eigenvalue weighted by atomic mass is 32.2. The molecule has 100 valence electrons. The second-order valence-corrected chi connectivity index (χ2v) is 7.48. The maximum absolute atomic E-state index is 12.5. The molecule has 5 heteroatoms. The van der Waals surface area contributed by atoms with Gasteiger partial charge in [-0.1, -0.05) is 30.3 Å². The van der Waals surface area contributed by atoms with Crippen LogP contribution in [0, 0.1) is 0 Å². The predicted molar refractivity (Wildman–Crippen MR) is 80.1 cm³/mol. The first-order valence-corrected chi connectivity index (χ1v) is 8.20. The number of benzene rings is 2. The standard InChI is InChI=1S/C14H15NO2S2/c16-19(17,15-8-7-13(18)10-15)14-6-5-11-3-1-2-4-12(11)9-14/h1-6,9,13,18H,7-8,10H2. The summed E-state index contributed by atoms with van der Waals surface area (Å²) in [6.45, 7) is 1.06. The third kappa shape index (κ3) is 2.38.